The van der Waals surface area contributed by atoms with Crippen LogP contribution < -0.4 is 10.6 Å². The number of hydrogen-bond acceptors (Lipinski definition) is 3. The number of nitrogens with zero attached hydrogens (tertiary/aromatic N) is 2. The van der Waals surface area contributed by atoms with Crippen molar-refractivity contribution in [1.29, 1.82) is 0 Å². The van der Waals surface area contributed by atoms with E-state index >= 15 is 0 Å². The normalized spacial score (nSPS) is 10.8. The molecule has 0 saturated carbocycles. The summed E-state index contributed by atoms with van der Waals surface area (Å²) in [5, 5.41) is 10.8. The minimum Gasteiger partial charge on any atom is -0.320 e. The molecule has 0 radical (unpaired) electrons. The van der Waals surface area contributed by atoms with E-state index in [0.29, 0.717) is 0 Å². The average molecular weight is 196 g/mol. The summed E-state index contributed by atoms with van der Waals surface area (Å²) in [4.78, 5) is 0. The molecular weight excluding hydrogens is 176 g/mol. The number of aromatic nitrogens is 2. The highest BCUT2D eigenvalue weighted by Gasteiger charge is 1.99. The SMILES string of the molecule is CNCCCNCc1cc(C)nn1C. The number of aryl methyl sites for hydroxylation is 2. The molecule has 0 amide bonds. The van der Waals surface area contributed by atoms with Crippen molar-refractivity contribution in [3.05, 3.63) is 17.5 Å². The monoisotopic (exact) mass is 196 g/mol. The van der Waals surface area contributed by atoms with Crippen molar-refractivity contribution in [3.8, 4) is 0 Å². The fraction of sp³-hybridized carbons (Fsp3) is 0.700. The lowest BCUT2D eigenvalue weighted by atomic mass is 10.3. The van der Waals surface area contributed by atoms with Crippen molar-refractivity contribution in [3.63, 3.8) is 0 Å². The van der Waals surface area contributed by atoms with Crippen LogP contribution in [0.4, 0.5) is 0 Å². The van der Waals surface area contributed by atoms with Gasteiger partial charge in [-0.2, -0.15) is 5.10 Å². The summed E-state index contributed by atoms with van der Waals surface area (Å²) in [6.07, 6.45) is 1.16. The van der Waals surface area contributed by atoms with E-state index in [0.717, 1.165) is 31.7 Å². The van der Waals surface area contributed by atoms with E-state index in [-0.39, 0.29) is 0 Å². The smallest absolute Gasteiger partial charge is 0.0597 e. The highest BCUT2D eigenvalue weighted by Crippen LogP contribution is 2.00. The van der Waals surface area contributed by atoms with Gasteiger partial charge in [0.1, 0.15) is 0 Å². The lowest BCUT2D eigenvalue weighted by Crippen LogP contribution is -2.20. The quantitative estimate of drug-likeness (QED) is 0.648. The zero-order valence-electron chi connectivity index (χ0n) is 9.30. The van der Waals surface area contributed by atoms with Gasteiger partial charge in [0.05, 0.1) is 11.4 Å². The van der Waals surface area contributed by atoms with E-state index in [1.165, 1.54) is 5.69 Å². The first-order valence-electron chi connectivity index (χ1n) is 5.09. The third-order valence-corrected chi connectivity index (χ3v) is 2.19. The van der Waals surface area contributed by atoms with Gasteiger partial charge in [-0.15, -0.1) is 0 Å². The summed E-state index contributed by atoms with van der Waals surface area (Å²) in [5.74, 6) is 0. The molecule has 2 N–H and O–H groups in total. The summed E-state index contributed by atoms with van der Waals surface area (Å²) in [5.41, 5.74) is 2.33. The van der Waals surface area contributed by atoms with Crippen molar-refractivity contribution < 1.29 is 0 Å². The van der Waals surface area contributed by atoms with Gasteiger partial charge in [-0.1, -0.05) is 0 Å². The molecule has 0 bridgehead atoms. The van der Waals surface area contributed by atoms with Gasteiger partial charge in [-0.3, -0.25) is 4.68 Å². The molecule has 0 fully saturated rings. The lowest BCUT2D eigenvalue weighted by Gasteiger charge is -2.04. The molecule has 0 atom stereocenters. The Balaban J connectivity index is 2.21. The molecule has 0 aliphatic carbocycles. The largest absolute Gasteiger partial charge is 0.320 e. The molecule has 4 heteroatoms. The van der Waals surface area contributed by atoms with E-state index in [4.69, 9.17) is 0 Å². The van der Waals surface area contributed by atoms with E-state index in [1.54, 1.807) is 0 Å². The third kappa shape index (κ3) is 3.47. The van der Waals surface area contributed by atoms with Gasteiger partial charge in [0.25, 0.3) is 0 Å². The zero-order valence-corrected chi connectivity index (χ0v) is 9.30. The number of hydrogen-bond donors (Lipinski definition) is 2. The van der Waals surface area contributed by atoms with Crippen molar-refractivity contribution in [2.24, 2.45) is 7.05 Å². The Morgan fingerprint density at radius 2 is 2.21 bits per heavy atom. The molecule has 0 aliphatic rings. The van der Waals surface area contributed by atoms with Gasteiger partial charge in [-0.05, 0) is 39.5 Å². The van der Waals surface area contributed by atoms with Crippen molar-refractivity contribution in [1.82, 2.24) is 20.4 Å². The highest BCUT2D eigenvalue weighted by atomic mass is 15.3. The predicted octanol–water partition coefficient (Wildman–Crippen LogP) is 0.428. The summed E-state index contributed by atoms with van der Waals surface area (Å²) in [6, 6.07) is 2.12. The second-order valence-electron chi connectivity index (χ2n) is 3.53. The maximum absolute atomic E-state index is 4.29. The standard InChI is InChI=1S/C10H20N4/c1-9-7-10(14(3)13-9)8-12-6-4-5-11-2/h7,11-12H,4-6,8H2,1-3H3. The van der Waals surface area contributed by atoms with E-state index < -0.39 is 0 Å². The Morgan fingerprint density at radius 3 is 2.79 bits per heavy atom. The maximum atomic E-state index is 4.29. The maximum Gasteiger partial charge on any atom is 0.0597 e. The summed E-state index contributed by atoms with van der Waals surface area (Å²) in [6.45, 7) is 5.04. The molecule has 1 aromatic heterocycles. The van der Waals surface area contributed by atoms with E-state index in [1.807, 2.05) is 25.7 Å². The van der Waals surface area contributed by atoms with Gasteiger partial charge in [0.2, 0.25) is 0 Å². The van der Waals surface area contributed by atoms with Gasteiger partial charge in [0, 0.05) is 13.6 Å². The molecule has 4 nitrogen and oxygen atoms in total. The fourth-order valence-electron chi connectivity index (χ4n) is 1.44. The molecule has 0 aliphatic heterocycles. The van der Waals surface area contributed by atoms with Crippen LogP contribution in [-0.2, 0) is 13.6 Å². The Kier molecular flexibility index (Phi) is 4.62. The van der Waals surface area contributed by atoms with Crippen molar-refractivity contribution >= 4 is 0 Å². The van der Waals surface area contributed by atoms with Crippen LogP contribution in [0.1, 0.15) is 17.8 Å². The van der Waals surface area contributed by atoms with Crippen LogP contribution in [-0.4, -0.2) is 29.9 Å². The lowest BCUT2D eigenvalue weighted by molar-refractivity contribution is 0.594. The predicted molar refractivity (Wildman–Crippen MR) is 58.2 cm³/mol. The van der Waals surface area contributed by atoms with Crippen LogP contribution in [0.2, 0.25) is 0 Å². The van der Waals surface area contributed by atoms with Crippen molar-refractivity contribution in [2.45, 2.75) is 19.9 Å². The molecule has 0 saturated heterocycles. The molecule has 1 heterocycles. The van der Waals surface area contributed by atoms with Gasteiger partial charge >= 0.3 is 0 Å². The van der Waals surface area contributed by atoms with Crippen molar-refractivity contribution in [2.75, 3.05) is 20.1 Å². The topological polar surface area (TPSA) is 41.9 Å². The fourth-order valence-corrected chi connectivity index (χ4v) is 1.44. The van der Waals surface area contributed by atoms with Crippen LogP contribution in [0.25, 0.3) is 0 Å². The number of nitrogens with one attached hydrogen (secondary N) is 2. The third-order valence-electron chi connectivity index (χ3n) is 2.19. The minimum absolute atomic E-state index is 0.904. The van der Waals surface area contributed by atoms with E-state index in [9.17, 15) is 0 Å². The van der Waals surface area contributed by atoms with Crippen LogP contribution in [0.3, 0.4) is 0 Å². The number of rotatable bonds is 6. The van der Waals surface area contributed by atoms with E-state index in [2.05, 4.69) is 21.8 Å². The Labute approximate surface area is 85.7 Å². The molecule has 14 heavy (non-hydrogen) atoms. The molecule has 1 aromatic rings. The minimum atomic E-state index is 0.904. The van der Waals surface area contributed by atoms with Crippen LogP contribution in [0, 0.1) is 6.92 Å². The Bertz CT molecular complexity index is 267. The first kappa shape index (κ1) is 11.2. The summed E-state index contributed by atoms with van der Waals surface area (Å²) in [7, 11) is 3.96. The average Bonchev–Trinajstić information content (AvgIpc) is 2.45. The first-order chi connectivity index (χ1) is 6.74. The first-order valence-corrected chi connectivity index (χ1v) is 5.09. The van der Waals surface area contributed by atoms with Gasteiger partial charge in [-0.25, -0.2) is 0 Å². The molecule has 0 aromatic carbocycles. The van der Waals surface area contributed by atoms with Gasteiger partial charge < -0.3 is 10.6 Å². The summed E-state index contributed by atoms with van der Waals surface area (Å²) < 4.78 is 1.93. The zero-order chi connectivity index (χ0) is 10.4. The van der Waals surface area contributed by atoms with Crippen LogP contribution >= 0.6 is 0 Å². The molecule has 0 spiro atoms. The molecular formula is C10H20N4. The molecule has 0 unspecified atom stereocenters. The van der Waals surface area contributed by atoms with Crippen LogP contribution in [0.15, 0.2) is 6.07 Å². The Morgan fingerprint density at radius 1 is 1.43 bits per heavy atom. The highest BCUT2D eigenvalue weighted by molar-refractivity contribution is 5.08. The second-order valence-corrected chi connectivity index (χ2v) is 3.53. The van der Waals surface area contributed by atoms with Crippen LogP contribution in [0.5, 0.6) is 0 Å². The van der Waals surface area contributed by atoms with Gasteiger partial charge in [0.15, 0.2) is 0 Å². The molecule has 80 valence electrons. The molecule has 1 rings (SSSR count). The second kappa shape index (κ2) is 5.78. The summed E-state index contributed by atoms with van der Waals surface area (Å²) >= 11 is 0. The Hall–Kier alpha value is -0.870.